The molecule has 1 aromatic carbocycles. The van der Waals surface area contributed by atoms with Gasteiger partial charge in [0.25, 0.3) is 0 Å². The maximum absolute atomic E-state index is 4.65. The zero-order valence-corrected chi connectivity index (χ0v) is 14.4. The molecule has 5 heteroatoms. The first kappa shape index (κ1) is 15.7. The zero-order valence-electron chi connectivity index (χ0n) is 13.6. The molecule has 0 saturated carbocycles. The predicted octanol–water partition coefficient (Wildman–Crippen LogP) is 4.48. The minimum absolute atomic E-state index is 0.858. The number of aryl methyl sites for hydroxylation is 2. The molecule has 2 N–H and O–H groups in total. The molecule has 3 rings (SSSR count). The lowest BCUT2D eigenvalue weighted by Gasteiger charge is -2.09. The summed E-state index contributed by atoms with van der Waals surface area (Å²) in [5, 5.41) is 8.04. The van der Waals surface area contributed by atoms with Gasteiger partial charge in [0.2, 0.25) is 0 Å². The van der Waals surface area contributed by atoms with Gasteiger partial charge in [-0.2, -0.15) is 0 Å². The second kappa shape index (κ2) is 7.42. The molecule has 0 aliphatic carbocycles. The van der Waals surface area contributed by atoms with Crippen LogP contribution in [0.2, 0.25) is 0 Å². The first-order valence-electron chi connectivity index (χ1n) is 8.06. The molecule has 0 unspecified atom stereocenters. The molecule has 0 spiro atoms. The predicted molar refractivity (Wildman–Crippen MR) is 99.6 cm³/mol. The Balaban J connectivity index is 1.58. The van der Waals surface area contributed by atoms with Crippen molar-refractivity contribution in [2.75, 3.05) is 23.7 Å². The van der Waals surface area contributed by atoms with Gasteiger partial charge in [-0.05, 0) is 31.5 Å². The average molecular weight is 326 g/mol. The lowest BCUT2D eigenvalue weighted by atomic mass is 10.3. The van der Waals surface area contributed by atoms with E-state index in [4.69, 9.17) is 0 Å². The third-order valence-corrected chi connectivity index (χ3v) is 4.57. The molecule has 0 bridgehead atoms. The van der Waals surface area contributed by atoms with Crippen molar-refractivity contribution in [1.29, 1.82) is 0 Å². The van der Waals surface area contributed by atoms with Gasteiger partial charge < -0.3 is 10.6 Å². The second-order valence-corrected chi connectivity index (χ2v) is 6.73. The lowest BCUT2D eigenvalue weighted by Crippen LogP contribution is -2.11. The summed E-state index contributed by atoms with van der Waals surface area (Å²) in [6.45, 7) is 6.04. The highest BCUT2D eigenvalue weighted by atomic mass is 32.1. The first-order chi connectivity index (χ1) is 11.3. The van der Waals surface area contributed by atoms with Crippen LogP contribution in [0.15, 0.2) is 36.4 Å². The van der Waals surface area contributed by atoms with Crippen LogP contribution in [0, 0.1) is 6.92 Å². The van der Waals surface area contributed by atoms with Crippen LogP contribution in [-0.2, 0) is 6.42 Å². The Bertz CT molecular complexity index is 767. The van der Waals surface area contributed by atoms with E-state index in [1.165, 1.54) is 10.6 Å². The average Bonchev–Trinajstić information content (AvgIpc) is 2.95. The molecule has 0 fully saturated rings. The van der Waals surface area contributed by atoms with Gasteiger partial charge in [-0.3, -0.25) is 0 Å². The molecule has 4 nitrogen and oxygen atoms in total. The minimum Gasteiger partial charge on any atom is -0.385 e. The number of thiophene rings is 1. The smallest absolute Gasteiger partial charge is 0.138 e. The Hall–Kier alpha value is -2.14. The summed E-state index contributed by atoms with van der Waals surface area (Å²) in [6.07, 6.45) is 1.89. The van der Waals surface area contributed by atoms with Gasteiger partial charge in [0.05, 0.1) is 5.39 Å². The van der Waals surface area contributed by atoms with Crippen molar-refractivity contribution in [1.82, 2.24) is 9.97 Å². The highest BCUT2D eigenvalue weighted by Gasteiger charge is 2.09. The van der Waals surface area contributed by atoms with Crippen molar-refractivity contribution in [2.24, 2.45) is 0 Å². The fourth-order valence-electron chi connectivity index (χ4n) is 2.46. The van der Waals surface area contributed by atoms with Crippen molar-refractivity contribution in [2.45, 2.75) is 26.7 Å². The fourth-order valence-corrected chi connectivity index (χ4v) is 3.36. The zero-order chi connectivity index (χ0) is 16.1. The number of aromatic nitrogens is 2. The Labute approximate surface area is 141 Å². The summed E-state index contributed by atoms with van der Waals surface area (Å²) in [7, 11) is 0. The summed E-state index contributed by atoms with van der Waals surface area (Å²) >= 11 is 1.73. The van der Waals surface area contributed by atoms with Crippen LogP contribution >= 0.6 is 11.3 Å². The standard InChI is InChI=1S/C18H22N4S/c1-3-16-21-17(15-12-13(2)23-18(15)22-16)20-11-7-10-19-14-8-5-4-6-9-14/h4-6,8-9,12,19H,3,7,10-11H2,1-2H3,(H,20,21,22). The molecule has 0 amide bonds. The van der Waals surface area contributed by atoms with Crippen LogP contribution < -0.4 is 10.6 Å². The molecule has 0 radical (unpaired) electrons. The van der Waals surface area contributed by atoms with Gasteiger partial charge in [-0.25, -0.2) is 9.97 Å². The Morgan fingerprint density at radius 3 is 2.61 bits per heavy atom. The molecule has 3 aromatic rings. The van der Waals surface area contributed by atoms with Crippen molar-refractivity contribution in [3.63, 3.8) is 0 Å². The van der Waals surface area contributed by atoms with E-state index < -0.39 is 0 Å². The van der Waals surface area contributed by atoms with Crippen LogP contribution in [-0.4, -0.2) is 23.1 Å². The van der Waals surface area contributed by atoms with Crippen LogP contribution in [0.3, 0.4) is 0 Å². The first-order valence-corrected chi connectivity index (χ1v) is 8.87. The molecule has 0 atom stereocenters. The van der Waals surface area contributed by atoms with Gasteiger partial charge in [-0.1, -0.05) is 25.1 Å². The number of hydrogen-bond acceptors (Lipinski definition) is 5. The quantitative estimate of drug-likeness (QED) is 0.629. The Kier molecular flexibility index (Phi) is 5.08. The highest BCUT2D eigenvalue weighted by Crippen LogP contribution is 2.28. The van der Waals surface area contributed by atoms with Crippen molar-refractivity contribution >= 4 is 33.1 Å². The molecule has 2 heterocycles. The second-order valence-electron chi connectivity index (χ2n) is 5.49. The van der Waals surface area contributed by atoms with Crippen LogP contribution in [0.25, 0.3) is 10.2 Å². The third kappa shape index (κ3) is 3.99. The van der Waals surface area contributed by atoms with Gasteiger partial charge in [0.1, 0.15) is 16.5 Å². The van der Waals surface area contributed by atoms with E-state index in [1.807, 2.05) is 18.2 Å². The summed E-state index contributed by atoms with van der Waals surface area (Å²) in [5.74, 6) is 1.88. The van der Waals surface area contributed by atoms with Crippen LogP contribution in [0.1, 0.15) is 24.0 Å². The van der Waals surface area contributed by atoms with Gasteiger partial charge in [0, 0.05) is 30.1 Å². The van der Waals surface area contributed by atoms with E-state index in [9.17, 15) is 0 Å². The monoisotopic (exact) mass is 326 g/mol. The largest absolute Gasteiger partial charge is 0.385 e. The number of benzene rings is 1. The Morgan fingerprint density at radius 1 is 1.04 bits per heavy atom. The van der Waals surface area contributed by atoms with Crippen molar-refractivity contribution < 1.29 is 0 Å². The number of rotatable bonds is 7. The Morgan fingerprint density at radius 2 is 1.83 bits per heavy atom. The SMILES string of the molecule is CCc1nc(NCCCNc2ccccc2)c2cc(C)sc2n1. The van der Waals surface area contributed by atoms with E-state index in [-0.39, 0.29) is 0 Å². The maximum Gasteiger partial charge on any atom is 0.138 e. The molecule has 120 valence electrons. The van der Waals surface area contributed by atoms with E-state index in [2.05, 4.69) is 52.6 Å². The van der Waals surface area contributed by atoms with Crippen molar-refractivity contribution in [3.8, 4) is 0 Å². The van der Waals surface area contributed by atoms with Crippen LogP contribution in [0.5, 0.6) is 0 Å². The number of para-hydroxylation sites is 1. The third-order valence-electron chi connectivity index (χ3n) is 3.63. The maximum atomic E-state index is 4.65. The van der Waals surface area contributed by atoms with Gasteiger partial charge >= 0.3 is 0 Å². The minimum atomic E-state index is 0.858. The van der Waals surface area contributed by atoms with Gasteiger partial charge in [-0.15, -0.1) is 11.3 Å². The number of nitrogens with zero attached hydrogens (tertiary/aromatic N) is 2. The lowest BCUT2D eigenvalue weighted by molar-refractivity contribution is 0.895. The van der Waals surface area contributed by atoms with E-state index >= 15 is 0 Å². The number of anilines is 2. The molecular weight excluding hydrogens is 304 g/mol. The molecule has 23 heavy (non-hydrogen) atoms. The number of hydrogen-bond donors (Lipinski definition) is 2. The molecular formula is C18H22N4S. The number of nitrogens with one attached hydrogen (secondary N) is 2. The molecule has 0 aliphatic heterocycles. The van der Waals surface area contributed by atoms with E-state index in [0.717, 1.165) is 47.8 Å². The molecule has 2 aromatic heterocycles. The van der Waals surface area contributed by atoms with Gasteiger partial charge in [0.15, 0.2) is 0 Å². The summed E-state index contributed by atoms with van der Waals surface area (Å²) < 4.78 is 0. The summed E-state index contributed by atoms with van der Waals surface area (Å²) in [6, 6.07) is 12.5. The van der Waals surface area contributed by atoms with E-state index in [1.54, 1.807) is 11.3 Å². The summed E-state index contributed by atoms with van der Waals surface area (Å²) in [4.78, 5) is 11.6. The summed E-state index contributed by atoms with van der Waals surface area (Å²) in [5.41, 5.74) is 1.17. The molecule has 0 aliphatic rings. The molecule has 0 saturated heterocycles. The normalized spacial score (nSPS) is 10.9. The topological polar surface area (TPSA) is 49.8 Å². The van der Waals surface area contributed by atoms with Crippen molar-refractivity contribution in [3.05, 3.63) is 47.1 Å². The van der Waals surface area contributed by atoms with Crippen LogP contribution in [0.4, 0.5) is 11.5 Å². The fraction of sp³-hybridized carbons (Fsp3) is 0.333. The highest BCUT2D eigenvalue weighted by molar-refractivity contribution is 7.18. The number of fused-ring (bicyclic) bond motifs is 1. The van der Waals surface area contributed by atoms with E-state index in [0.29, 0.717) is 0 Å².